The summed E-state index contributed by atoms with van der Waals surface area (Å²) in [5.41, 5.74) is 9.86. The van der Waals surface area contributed by atoms with Gasteiger partial charge >= 0.3 is 6.03 Å². The molecule has 1 aliphatic heterocycles. The first-order valence-electron chi connectivity index (χ1n) is 5.65. The number of hydrogen-bond donors (Lipinski definition) is 3. The van der Waals surface area contributed by atoms with Crippen molar-refractivity contribution in [3.63, 3.8) is 0 Å². The molecule has 5 N–H and O–H groups in total. The van der Waals surface area contributed by atoms with E-state index in [-0.39, 0.29) is 6.54 Å². The summed E-state index contributed by atoms with van der Waals surface area (Å²) in [6, 6.07) is 3.34. The zero-order valence-corrected chi connectivity index (χ0v) is 10.7. The number of amides is 3. The Morgan fingerprint density at radius 3 is 2.83 bits per heavy atom. The number of primary amides is 2. The zero-order valence-electron chi connectivity index (χ0n) is 9.89. The number of hydrogen-bond acceptors (Lipinski definition) is 4. The first-order valence-corrected chi connectivity index (χ1v) is 6.53. The topological polar surface area (TPSA) is 101 Å². The third-order valence-electron chi connectivity index (χ3n) is 3.15. The smallest absolute Gasteiger partial charge is 0.314 e. The summed E-state index contributed by atoms with van der Waals surface area (Å²) in [6.07, 6.45) is 0.476. The largest absolute Gasteiger partial charge is 0.368 e. The lowest BCUT2D eigenvalue weighted by molar-refractivity contribution is -0.125. The molecule has 18 heavy (non-hydrogen) atoms. The third-order valence-corrected chi connectivity index (χ3v) is 4.02. The van der Waals surface area contributed by atoms with Crippen molar-refractivity contribution in [1.82, 2.24) is 10.2 Å². The van der Waals surface area contributed by atoms with Crippen molar-refractivity contribution in [2.75, 3.05) is 19.6 Å². The van der Waals surface area contributed by atoms with Gasteiger partial charge in [-0.05, 0) is 11.4 Å². The van der Waals surface area contributed by atoms with E-state index in [9.17, 15) is 9.59 Å². The van der Waals surface area contributed by atoms with Gasteiger partial charge in [0.05, 0.1) is 0 Å². The Bertz CT molecular complexity index is 448. The van der Waals surface area contributed by atoms with Gasteiger partial charge in [0.1, 0.15) is 5.54 Å². The number of rotatable bonds is 3. The Balaban J connectivity index is 2.21. The van der Waals surface area contributed by atoms with E-state index in [1.165, 1.54) is 4.90 Å². The lowest BCUT2D eigenvalue weighted by Gasteiger charge is -2.40. The first kappa shape index (κ1) is 12.8. The van der Waals surface area contributed by atoms with Crippen molar-refractivity contribution < 1.29 is 9.59 Å². The molecule has 1 atom stereocenters. The molecule has 0 aliphatic carbocycles. The molecule has 2 rings (SSSR count). The van der Waals surface area contributed by atoms with Crippen LogP contribution in [-0.2, 0) is 11.2 Å². The van der Waals surface area contributed by atoms with E-state index in [2.05, 4.69) is 5.32 Å². The first-order chi connectivity index (χ1) is 8.53. The minimum atomic E-state index is -0.919. The van der Waals surface area contributed by atoms with E-state index in [0.717, 1.165) is 4.88 Å². The van der Waals surface area contributed by atoms with Gasteiger partial charge in [-0.3, -0.25) is 10.1 Å². The van der Waals surface area contributed by atoms with Crippen LogP contribution in [0.15, 0.2) is 17.5 Å². The van der Waals surface area contributed by atoms with E-state index in [0.29, 0.717) is 19.5 Å². The second-order valence-electron chi connectivity index (χ2n) is 4.39. The molecule has 3 amide bonds. The third kappa shape index (κ3) is 2.46. The lowest BCUT2D eigenvalue weighted by atomic mass is 9.90. The van der Waals surface area contributed by atoms with Crippen molar-refractivity contribution in [2.45, 2.75) is 12.0 Å². The minimum absolute atomic E-state index is 0.218. The summed E-state index contributed by atoms with van der Waals surface area (Å²) in [6.45, 7) is 1.22. The van der Waals surface area contributed by atoms with Gasteiger partial charge in [0.15, 0.2) is 0 Å². The summed E-state index contributed by atoms with van der Waals surface area (Å²) in [5.74, 6) is -0.457. The Labute approximate surface area is 109 Å². The molecular formula is C11H16N4O2S. The number of carbonyl (C=O) groups excluding carboxylic acids is 2. The molecule has 0 saturated carbocycles. The fourth-order valence-electron chi connectivity index (χ4n) is 2.16. The SMILES string of the molecule is NC(=O)N1CCNC(Cc2cccs2)(C(N)=O)C1. The Morgan fingerprint density at radius 1 is 1.50 bits per heavy atom. The molecule has 1 aliphatic rings. The summed E-state index contributed by atoms with van der Waals surface area (Å²) >= 11 is 1.56. The second-order valence-corrected chi connectivity index (χ2v) is 5.42. The van der Waals surface area contributed by atoms with E-state index in [4.69, 9.17) is 11.5 Å². The molecular weight excluding hydrogens is 252 g/mol. The summed E-state index contributed by atoms with van der Waals surface area (Å²) in [4.78, 5) is 25.5. The molecule has 0 radical (unpaired) electrons. The molecule has 6 nitrogen and oxygen atoms in total. The van der Waals surface area contributed by atoms with Crippen LogP contribution in [0.2, 0.25) is 0 Å². The second kappa shape index (κ2) is 4.95. The average Bonchev–Trinajstić information content (AvgIpc) is 2.81. The lowest BCUT2D eigenvalue weighted by Crippen LogP contribution is -2.68. The van der Waals surface area contributed by atoms with Gasteiger partial charge in [-0.15, -0.1) is 11.3 Å². The highest BCUT2D eigenvalue weighted by molar-refractivity contribution is 7.09. The maximum Gasteiger partial charge on any atom is 0.314 e. The molecule has 1 aromatic rings. The molecule has 2 heterocycles. The van der Waals surface area contributed by atoms with E-state index in [1.807, 2.05) is 17.5 Å². The molecule has 1 saturated heterocycles. The van der Waals surface area contributed by atoms with E-state index < -0.39 is 17.5 Å². The number of carbonyl (C=O) groups is 2. The molecule has 0 spiro atoms. The van der Waals surface area contributed by atoms with Crippen molar-refractivity contribution >= 4 is 23.3 Å². The van der Waals surface area contributed by atoms with Crippen LogP contribution in [0.5, 0.6) is 0 Å². The van der Waals surface area contributed by atoms with E-state index >= 15 is 0 Å². The van der Waals surface area contributed by atoms with Crippen LogP contribution in [0.3, 0.4) is 0 Å². The standard InChI is InChI=1S/C11H16N4O2S/c12-9(16)11(6-8-2-1-5-18-8)7-15(10(13)17)4-3-14-11/h1-2,5,14H,3-4,6-7H2,(H2,12,16)(H2,13,17). The fourth-order valence-corrected chi connectivity index (χ4v) is 2.98. The molecule has 1 fully saturated rings. The van der Waals surface area contributed by atoms with Crippen LogP contribution >= 0.6 is 11.3 Å². The van der Waals surface area contributed by atoms with E-state index in [1.54, 1.807) is 11.3 Å². The Kier molecular flexibility index (Phi) is 3.53. The highest BCUT2D eigenvalue weighted by atomic mass is 32.1. The number of piperazine rings is 1. The van der Waals surface area contributed by atoms with Gasteiger partial charge in [-0.1, -0.05) is 6.07 Å². The molecule has 7 heteroatoms. The number of thiophene rings is 1. The summed E-state index contributed by atoms with van der Waals surface area (Å²) < 4.78 is 0. The van der Waals surface area contributed by atoms with Gasteiger partial charge in [-0.25, -0.2) is 4.79 Å². The van der Waals surface area contributed by atoms with Crippen molar-refractivity contribution in [2.24, 2.45) is 11.5 Å². The highest BCUT2D eigenvalue weighted by Crippen LogP contribution is 2.21. The van der Waals surface area contributed by atoms with Gasteiger partial charge < -0.3 is 16.4 Å². The van der Waals surface area contributed by atoms with Crippen LogP contribution in [0.4, 0.5) is 4.79 Å². The van der Waals surface area contributed by atoms with Crippen molar-refractivity contribution in [3.05, 3.63) is 22.4 Å². The molecule has 98 valence electrons. The van der Waals surface area contributed by atoms with Crippen LogP contribution in [0, 0.1) is 0 Å². The Hall–Kier alpha value is -1.60. The van der Waals surface area contributed by atoms with Gasteiger partial charge in [0, 0.05) is 30.9 Å². The zero-order chi connectivity index (χ0) is 13.2. The van der Waals surface area contributed by atoms with Crippen molar-refractivity contribution in [3.8, 4) is 0 Å². The monoisotopic (exact) mass is 268 g/mol. The maximum atomic E-state index is 11.8. The highest BCUT2D eigenvalue weighted by Gasteiger charge is 2.41. The van der Waals surface area contributed by atoms with Crippen LogP contribution < -0.4 is 16.8 Å². The quantitative estimate of drug-likeness (QED) is 0.688. The molecule has 1 aromatic heterocycles. The Morgan fingerprint density at radius 2 is 2.28 bits per heavy atom. The molecule has 0 bridgehead atoms. The molecule has 1 unspecified atom stereocenters. The number of nitrogens with one attached hydrogen (secondary N) is 1. The van der Waals surface area contributed by atoms with Gasteiger partial charge in [0.25, 0.3) is 0 Å². The minimum Gasteiger partial charge on any atom is -0.368 e. The van der Waals surface area contributed by atoms with Crippen LogP contribution in [0.25, 0.3) is 0 Å². The number of nitrogens with zero attached hydrogens (tertiary/aromatic N) is 1. The summed E-state index contributed by atoms with van der Waals surface area (Å²) in [7, 11) is 0. The number of urea groups is 1. The normalized spacial score (nSPS) is 23.9. The average molecular weight is 268 g/mol. The predicted molar refractivity (Wildman–Crippen MR) is 69.1 cm³/mol. The van der Waals surface area contributed by atoms with Gasteiger partial charge in [0.2, 0.25) is 5.91 Å². The van der Waals surface area contributed by atoms with Crippen LogP contribution in [-0.4, -0.2) is 42.0 Å². The number of nitrogens with two attached hydrogens (primary N) is 2. The summed E-state index contributed by atoms with van der Waals surface area (Å²) in [5, 5.41) is 5.08. The maximum absolute atomic E-state index is 11.8. The van der Waals surface area contributed by atoms with Crippen molar-refractivity contribution in [1.29, 1.82) is 0 Å². The predicted octanol–water partition coefficient (Wildman–Crippen LogP) is -0.501. The fraction of sp³-hybridized carbons (Fsp3) is 0.455. The molecule has 0 aromatic carbocycles. The van der Waals surface area contributed by atoms with Crippen LogP contribution in [0.1, 0.15) is 4.88 Å². The van der Waals surface area contributed by atoms with Gasteiger partial charge in [-0.2, -0.15) is 0 Å².